The van der Waals surface area contributed by atoms with Crippen molar-refractivity contribution in [3.05, 3.63) is 65.3 Å². The molecule has 0 aliphatic carbocycles. The Balaban J connectivity index is 1.23. The highest BCUT2D eigenvalue weighted by Gasteiger charge is 2.19. The fourth-order valence-electron chi connectivity index (χ4n) is 4.46. The molecule has 0 spiro atoms. The Bertz CT molecular complexity index is 1680. The highest BCUT2D eigenvalue weighted by molar-refractivity contribution is 6.10. The number of amides is 1. The number of carbonyl (C=O) groups excluding carboxylic acids is 2. The van der Waals surface area contributed by atoms with E-state index in [1.54, 1.807) is 7.05 Å². The second kappa shape index (κ2) is 9.29. The van der Waals surface area contributed by atoms with Crippen LogP contribution in [0.3, 0.4) is 0 Å². The van der Waals surface area contributed by atoms with Crippen molar-refractivity contribution in [2.24, 2.45) is 7.05 Å². The van der Waals surface area contributed by atoms with Gasteiger partial charge in [-0.1, -0.05) is 18.2 Å². The zero-order chi connectivity index (χ0) is 25.4. The number of aromatic nitrogens is 5. The van der Waals surface area contributed by atoms with E-state index in [2.05, 4.69) is 39.0 Å². The SMILES string of the molecule is CCn1c2ccccc2c2cc(NC(=O)C(C)OC(=O)CCn3cnc4c(cnn4C)c3=O)ccc21. The number of aryl methyl sites for hydroxylation is 3. The van der Waals surface area contributed by atoms with Gasteiger partial charge in [0.15, 0.2) is 11.8 Å². The molecule has 3 aromatic heterocycles. The summed E-state index contributed by atoms with van der Waals surface area (Å²) in [6.45, 7) is 4.54. The van der Waals surface area contributed by atoms with Gasteiger partial charge in [-0.25, -0.2) is 4.98 Å². The van der Waals surface area contributed by atoms with E-state index in [-0.39, 0.29) is 18.5 Å². The first-order valence-electron chi connectivity index (χ1n) is 11.8. The Morgan fingerprint density at radius 3 is 2.67 bits per heavy atom. The normalized spacial score (nSPS) is 12.3. The van der Waals surface area contributed by atoms with E-state index in [1.807, 2.05) is 30.3 Å². The lowest BCUT2D eigenvalue weighted by Crippen LogP contribution is -2.30. The number of hydrogen-bond acceptors (Lipinski definition) is 6. The molecule has 184 valence electrons. The van der Waals surface area contributed by atoms with E-state index < -0.39 is 18.0 Å². The minimum absolute atomic E-state index is 0.0759. The fraction of sp³-hybridized carbons (Fsp3) is 0.269. The Morgan fingerprint density at radius 1 is 1.08 bits per heavy atom. The van der Waals surface area contributed by atoms with Gasteiger partial charge in [0.05, 0.1) is 18.9 Å². The molecule has 0 fully saturated rings. The van der Waals surface area contributed by atoms with Crippen molar-refractivity contribution >= 4 is 50.4 Å². The second-order valence-electron chi connectivity index (χ2n) is 8.61. The topological polar surface area (TPSA) is 113 Å². The molecule has 36 heavy (non-hydrogen) atoms. The Kier molecular flexibility index (Phi) is 6.01. The number of carbonyl (C=O) groups is 2. The largest absolute Gasteiger partial charge is 0.452 e. The molecule has 0 saturated heterocycles. The summed E-state index contributed by atoms with van der Waals surface area (Å²) in [6.07, 6.45) is 1.75. The molecule has 0 saturated carbocycles. The van der Waals surface area contributed by atoms with Crippen molar-refractivity contribution in [1.29, 1.82) is 0 Å². The maximum absolute atomic E-state index is 12.7. The molecule has 1 unspecified atom stereocenters. The number of fused-ring (bicyclic) bond motifs is 4. The van der Waals surface area contributed by atoms with Crippen LogP contribution in [-0.2, 0) is 34.5 Å². The summed E-state index contributed by atoms with van der Waals surface area (Å²) in [5, 5.41) is 9.39. The van der Waals surface area contributed by atoms with Crippen molar-refractivity contribution in [2.75, 3.05) is 5.32 Å². The molecule has 1 amide bonds. The lowest BCUT2D eigenvalue weighted by molar-refractivity contribution is -0.153. The van der Waals surface area contributed by atoms with Crippen LogP contribution in [0.1, 0.15) is 20.3 Å². The predicted octanol–water partition coefficient (Wildman–Crippen LogP) is 3.22. The van der Waals surface area contributed by atoms with Crippen LogP contribution in [0.5, 0.6) is 0 Å². The standard InChI is InChI=1S/C26H26N6O4/c1-4-32-21-8-6-5-7-18(21)19-13-17(9-10-22(19)32)29-25(34)16(2)36-23(33)11-12-31-15-27-24-20(26(31)35)14-28-30(24)3/h5-10,13-16H,4,11-12H2,1-3H3,(H,29,34). The maximum atomic E-state index is 12.7. The predicted molar refractivity (Wildman–Crippen MR) is 137 cm³/mol. The van der Waals surface area contributed by atoms with Gasteiger partial charge in [-0.3, -0.25) is 23.6 Å². The van der Waals surface area contributed by atoms with Crippen molar-refractivity contribution in [2.45, 2.75) is 39.5 Å². The third-order valence-electron chi connectivity index (χ3n) is 6.31. The van der Waals surface area contributed by atoms with E-state index in [0.717, 1.165) is 28.4 Å². The molecule has 5 rings (SSSR count). The molecule has 5 aromatic rings. The number of nitrogens with one attached hydrogen (secondary N) is 1. The van der Waals surface area contributed by atoms with E-state index in [1.165, 1.54) is 28.7 Å². The molecule has 0 bridgehead atoms. The number of ether oxygens (including phenoxy) is 1. The molecule has 2 aromatic carbocycles. The van der Waals surface area contributed by atoms with Crippen LogP contribution < -0.4 is 10.9 Å². The van der Waals surface area contributed by atoms with Gasteiger partial charge in [-0.2, -0.15) is 5.10 Å². The molecule has 0 aliphatic rings. The first-order chi connectivity index (χ1) is 17.4. The van der Waals surface area contributed by atoms with Crippen LogP contribution in [0.25, 0.3) is 32.8 Å². The van der Waals surface area contributed by atoms with E-state index in [4.69, 9.17) is 4.74 Å². The van der Waals surface area contributed by atoms with Gasteiger partial charge >= 0.3 is 5.97 Å². The molecule has 0 radical (unpaired) electrons. The Morgan fingerprint density at radius 2 is 1.86 bits per heavy atom. The van der Waals surface area contributed by atoms with Crippen LogP contribution in [-0.4, -0.2) is 41.9 Å². The number of rotatable bonds is 7. The van der Waals surface area contributed by atoms with E-state index in [0.29, 0.717) is 16.7 Å². The highest BCUT2D eigenvalue weighted by atomic mass is 16.5. The zero-order valence-electron chi connectivity index (χ0n) is 20.3. The number of nitrogens with zero attached hydrogens (tertiary/aromatic N) is 5. The van der Waals surface area contributed by atoms with Crippen molar-refractivity contribution in [3.63, 3.8) is 0 Å². The summed E-state index contributed by atoms with van der Waals surface area (Å²) in [7, 11) is 1.70. The van der Waals surface area contributed by atoms with Gasteiger partial charge in [0.2, 0.25) is 0 Å². The molecule has 1 atom stereocenters. The fourth-order valence-corrected chi connectivity index (χ4v) is 4.46. The average molecular weight is 487 g/mol. The lowest BCUT2D eigenvalue weighted by Gasteiger charge is -2.14. The number of anilines is 1. The summed E-state index contributed by atoms with van der Waals surface area (Å²) in [5.41, 5.74) is 3.04. The third-order valence-corrected chi connectivity index (χ3v) is 6.31. The van der Waals surface area contributed by atoms with Gasteiger partial charge in [0, 0.05) is 47.6 Å². The van der Waals surface area contributed by atoms with E-state index in [9.17, 15) is 14.4 Å². The molecule has 1 N–H and O–H groups in total. The first kappa shape index (κ1) is 23.3. The summed E-state index contributed by atoms with van der Waals surface area (Å²) in [5.74, 6) is -1.02. The number of hydrogen-bond donors (Lipinski definition) is 1. The van der Waals surface area contributed by atoms with Crippen LogP contribution in [0, 0.1) is 0 Å². The van der Waals surface area contributed by atoms with Crippen LogP contribution in [0.4, 0.5) is 5.69 Å². The summed E-state index contributed by atoms with van der Waals surface area (Å²) < 4.78 is 10.4. The number of para-hydroxylation sites is 1. The number of benzene rings is 2. The van der Waals surface area contributed by atoms with Gasteiger partial charge < -0.3 is 14.6 Å². The van der Waals surface area contributed by atoms with Crippen molar-refractivity contribution < 1.29 is 14.3 Å². The monoisotopic (exact) mass is 486 g/mol. The molecule has 10 heteroatoms. The highest BCUT2D eigenvalue weighted by Crippen LogP contribution is 2.31. The quantitative estimate of drug-likeness (QED) is 0.354. The molecular weight excluding hydrogens is 460 g/mol. The van der Waals surface area contributed by atoms with E-state index >= 15 is 0 Å². The Labute approximate surface area is 206 Å². The summed E-state index contributed by atoms with van der Waals surface area (Å²) in [6, 6.07) is 13.9. The summed E-state index contributed by atoms with van der Waals surface area (Å²) in [4.78, 5) is 41.8. The van der Waals surface area contributed by atoms with Gasteiger partial charge in [-0.15, -0.1) is 0 Å². The van der Waals surface area contributed by atoms with Gasteiger partial charge in [0.1, 0.15) is 5.39 Å². The van der Waals surface area contributed by atoms with Gasteiger partial charge in [0.25, 0.3) is 11.5 Å². The first-order valence-corrected chi connectivity index (χ1v) is 11.8. The van der Waals surface area contributed by atoms with Gasteiger partial charge in [-0.05, 0) is 38.1 Å². The van der Waals surface area contributed by atoms with Crippen LogP contribution in [0.15, 0.2) is 59.8 Å². The van der Waals surface area contributed by atoms with Crippen molar-refractivity contribution in [3.8, 4) is 0 Å². The van der Waals surface area contributed by atoms with Crippen LogP contribution >= 0.6 is 0 Å². The molecule has 3 heterocycles. The smallest absolute Gasteiger partial charge is 0.308 e. The maximum Gasteiger partial charge on any atom is 0.308 e. The molecule has 10 nitrogen and oxygen atoms in total. The minimum atomic E-state index is -0.999. The van der Waals surface area contributed by atoms with Crippen LogP contribution in [0.2, 0.25) is 0 Å². The third kappa shape index (κ3) is 4.10. The van der Waals surface area contributed by atoms with Crippen molar-refractivity contribution in [1.82, 2.24) is 23.9 Å². The second-order valence-corrected chi connectivity index (χ2v) is 8.61. The minimum Gasteiger partial charge on any atom is -0.452 e. The number of esters is 1. The molecular formula is C26H26N6O4. The molecule has 0 aliphatic heterocycles. The Hall–Kier alpha value is -4.47. The summed E-state index contributed by atoms with van der Waals surface area (Å²) >= 11 is 0. The average Bonchev–Trinajstić information content (AvgIpc) is 3.41. The zero-order valence-corrected chi connectivity index (χ0v) is 20.3. The lowest BCUT2D eigenvalue weighted by atomic mass is 10.1.